The Hall–Kier alpha value is -0.570. The lowest BCUT2D eigenvalue weighted by molar-refractivity contribution is -0.131. The number of nitrogens with zero attached hydrogens (tertiary/aromatic N) is 1. The lowest BCUT2D eigenvalue weighted by Gasteiger charge is -2.32. The summed E-state index contributed by atoms with van der Waals surface area (Å²) >= 11 is 0. The molecule has 3 heteroatoms. The van der Waals surface area contributed by atoms with Crippen LogP contribution in [0.3, 0.4) is 0 Å². The lowest BCUT2D eigenvalue weighted by Crippen LogP contribution is -2.47. The van der Waals surface area contributed by atoms with E-state index in [0.717, 1.165) is 19.4 Å². The minimum atomic E-state index is 0.0528. The second kappa shape index (κ2) is 6.05. The van der Waals surface area contributed by atoms with Gasteiger partial charge in [0.15, 0.2) is 0 Å². The van der Waals surface area contributed by atoms with Crippen LogP contribution in [0.1, 0.15) is 53.9 Å². The first-order valence-electron chi connectivity index (χ1n) is 7.25. The zero-order chi connectivity index (χ0) is 13.9. The molecule has 106 valence electrons. The molecule has 1 saturated heterocycles. The average Bonchev–Trinajstić information content (AvgIpc) is 2.41. The van der Waals surface area contributed by atoms with E-state index in [1.54, 1.807) is 0 Å². The number of likely N-dealkylation sites (tertiary alicyclic amines) is 1. The minimum Gasteiger partial charge on any atom is -0.341 e. The van der Waals surface area contributed by atoms with Crippen LogP contribution in [0, 0.1) is 17.3 Å². The zero-order valence-electron chi connectivity index (χ0n) is 12.7. The molecule has 0 saturated carbocycles. The van der Waals surface area contributed by atoms with E-state index in [1.165, 1.54) is 0 Å². The molecule has 0 radical (unpaired) electrons. The predicted molar refractivity (Wildman–Crippen MR) is 76.2 cm³/mol. The van der Waals surface area contributed by atoms with Gasteiger partial charge in [0.1, 0.15) is 0 Å². The summed E-state index contributed by atoms with van der Waals surface area (Å²) in [7, 11) is 0. The molecule has 2 unspecified atom stereocenters. The van der Waals surface area contributed by atoms with Crippen LogP contribution in [0.4, 0.5) is 0 Å². The highest BCUT2D eigenvalue weighted by atomic mass is 16.2. The molecule has 0 aliphatic carbocycles. The van der Waals surface area contributed by atoms with E-state index in [4.69, 9.17) is 5.73 Å². The fourth-order valence-corrected chi connectivity index (χ4v) is 2.43. The molecule has 2 N–H and O–H groups in total. The second-order valence-electron chi connectivity index (χ2n) is 7.14. The van der Waals surface area contributed by atoms with Crippen LogP contribution in [0.2, 0.25) is 0 Å². The molecule has 1 rings (SSSR count). The summed E-state index contributed by atoms with van der Waals surface area (Å²) in [5.41, 5.74) is 6.25. The fraction of sp³-hybridized carbons (Fsp3) is 0.933. The van der Waals surface area contributed by atoms with E-state index < -0.39 is 0 Å². The molecular formula is C15H30N2O. The van der Waals surface area contributed by atoms with Crippen molar-refractivity contribution >= 4 is 5.91 Å². The summed E-state index contributed by atoms with van der Waals surface area (Å²) in [6.45, 7) is 12.5. The highest BCUT2D eigenvalue weighted by molar-refractivity contribution is 5.76. The van der Waals surface area contributed by atoms with Gasteiger partial charge in [-0.25, -0.2) is 0 Å². The molecule has 1 heterocycles. The molecule has 0 aromatic carbocycles. The Kier molecular flexibility index (Phi) is 5.20. The summed E-state index contributed by atoms with van der Waals surface area (Å²) in [5, 5.41) is 0. The van der Waals surface area contributed by atoms with Gasteiger partial charge in [-0.1, -0.05) is 34.6 Å². The topological polar surface area (TPSA) is 46.3 Å². The lowest BCUT2D eigenvalue weighted by atomic mass is 9.87. The van der Waals surface area contributed by atoms with Gasteiger partial charge in [0.25, 0.3) is 0 Å². The quantitative estimate of drug-likeness (QED) is 0.841. The van der Waals surface area contributed by atoms with Gasteiger partial charge in [-0.2, -0.15) is 0 Å². The van der Waals surface area contributed by atoms with Gasteiger partial charge in [0, 0.05) is 25.6 Å². The van der Waals surface area contributed by atoms with E-state index in [9.17, 15) is 4.79 Å². The van der Waals surface area contributed by atoms with Crippen LogP contribution in [-0.2, 0) is 4.79 Å². The number of rotatable bonds is 3. The summed E-state index contributed by atoms with van der Waals surface area (Å²) in [6.07, 6.45) is 2.86. The van der Waals surface area contributed by atoms with E-state index in [2.05, 4.69) is 34.6 Å². The Balaban J connectivity index is 2.59. The average molecular weight is 254 g/mol. The number of hydrogen-bond donors (Lipinski definition) is 1. The van der Waals surface area contributed by atoms with Crippen LogP contribution in [-0.4, -0.2) is 29.9 Å². The Labute approximate surface area is 112 Å². The maximum Gasteiger partial charge on any atom is 0.222 e. The summed E-state index contributed by atoms with van der Waals surface area (Å²) in [6, 6.07) is 0.0528. The smallest absolute Gasteiger partial charge is 0.222 e. The second-order valence-corrected chi connectivity index (χ2v) is 7.14. The van der Waals surface area contributed by atoms with Gasteiger partial charge in [-0.05, 0) is 30.1 Å². The molecule has 0 aromatic rings. The van der Waals surface area contributed by atoms with Crippen molar-refractivity contribution in [1.29, 1.82) is 0 Å². The number of nitrogens with two attached hydrogens (primary N) is 1. The van der Waals surface area contributed by atoms with Crippen molar-refractivity contribution in [3.05, 3.63) is 0 Å². The number of carbonyl (C=O) groups excluding carboxylic acids is 1. The Morgan fingerprint density at radius 1 is 1.33 bits per heavy atom. The monoisotopic (exact) mass is 254 g/mol. The predicted octanol–water partition coefficient (Wildman–Crippen LogP) is 2.64. The molecule has 3 nitrogen and oxygen atoms in total. The molecule has 1 aliphatic heterocycles. The van der Waals surface area contributed by atoms with Gasteiger partial charge in [0.2, 0.25) is 5.91 Å². The van der Waals surface area contributed by atoms with Crippen molar-refractivity contribution in [2.45, 2.75) is 59.9 Å². The third-order valence-electron chi connectivity index (χ3n) is 4.32. The van der Waals surface area contributed by atoms with Crippen molar-refractivity contribution in [1.82, 2.24) is 4.90 Å². The summed E-state index contributed by atoms with van der Waals surface area (Å²) in [4.78, 5) is 14.1. The van der Waals surface area contributed by atoms with Crippen molar-refractivity contribution in [3.8, 4) is 0 Å². The van der Waals surface area contributed by atoms with Crippen LogP contribution in [0.15, 0.2) is 0 Å². The molecular weight excluding hydrogens is 224 g/mol. The molecule has 0 spiro atoms. The third kappa shape index (κ3) is 4.27. The van der Waals surface area contributed by atoms with Crippen LogP contribution >= 0.6 is 0 Å². The SMILES string of the molecule is CC(C)C1CCC(=O)N(CC(N)C(C)(C)C)CC1. The van der Waals surface area contributed by atoms with Gasteiger partial charge in [0.05, 0.1) is 0 Å². The Morgan fingerprint density at radius 3 is 2.44 bits per heavy atom. The molecule has 0 bridgehead atoms. The first-order chi connectivity index (χ1) is 8.21. The summed E-state index contributed by atoms with van der Waals surface area (Å²) in [5.74, 6) is 1.65. The first kappa shape index (κ1) is 15.5. The molecule has 2 atom stereocenters. The van der Waals surface area contributed by atoms with Gasteiger partial charge < -0.3 is 10.6 Å². The number of carbonyl (C=O) groups is 1. The van der Waals surface area contributed by atoms with Crippen molar-refractivity contribution in [3.63, 3.8) is 0 Å². The van der Waals surface area contributed by atoms with Crippen molar-refractivity contribution in [2.24, 2.45) is 23.0 Å². The van der Waals surface area contributed by atoms with E-state index in [-0.39, 0.29) is 17.4 Å². The first-order valence-corrected chi connectivity index (χ1v) is 7.25. The third-order valence-corrected chi connectivity index (χ3v) is 4.32. The van der Waals surface area contributed by atoms with E-state index in [1.807, 2.05) is 4.90 Å². The van der Waals surface area contributed by atoms with Crippen molar-refractivity contribution in [2.75, 3.05) is 13.1 Å². The largest absolute Gasteiger partial charge is 0.341 e. The number of amides is 1. The maximum atomic E-state index is 12.1. The maximum absolute atomic E-state index is 12.1. The van der Waals surface area contributed by atoms with E-state index >= 15 is 0 Å². The van der Waals surface area contributed by atoms with Crippen LogP contribution < -0.4 is 5.73 Å². The normalized spacial score (nSPS) is 24.3. The van der Waals surface area contributed by atoms with Gasteiger partial charge in [-0.15, -0.1) is 0 Å². The minimum absolute atomic E-state index is 0.0528. The molecule has 0 aromatic heterocycles. The van der Waals surface area contributed by atoms with Gasteiger partial charge in [-0.3, -0.25) is 4.79 Å². The molecule has 1 amide bonds. The highest BCUT2D eigenvalue weighted by Crippen LogP contribution is 2.26. The van der Waals surface area contributed by atoms with Gasteiger partial charge >= 0.3 is 0 Å². The van der Waals surface area contributed by atoms with Crippen LogP contribution in [0.5, 0.6) is 0 Å². The van der Waals surface area contributed by atoms with Crippen molar-refractivity contribution < 1.29 is 4.79 Å². The van der Waals surface area contributed by atoms with Crippen LogP contribution in [0.25, 0.3) is 0 Å². The summed E-state index contributed by atoms with van der Waals surface area (Å²) < 4.78 is 0. The van der Waals surface area contributed by atoms with E-state index in [0.29, 0.717) is 24.8 Å². The molecule has 1 fully saturated rings. The fourth-order valence-electron chi connectivity index (χ4n) is 2.43. The highest BCUT2D eigenvalue weighted by Gasteiger charge is 2.28. The standard InChI is InChI=1S/C15H30N2O/c1-11(2)12-6-7-14(18)17(9-8-12)10-13(16)15(3,4)5/h11-13H,6-10,16H2,1-5H3. The Morgan fingerprint density at radius 2 is 1.94 bits per heavy atom. The Bertz CT molecular complexity index is 281. The molecule has 1 aliphatic rings. The zero-order valence-corrected chi connectivity index (χ0v) is 12.7. The number of hydrogen-bond acceptors (Lipinski definition) is 2. The molecule has 18 heavy (non-hydrogen) atoms.